The van der Waals surface area contributed by atoms with Gasteiger partial charge in [-0.3, -0.25) is 4.90 Å². The highest BCUT2D eigenvalue weighted by molar-refractivity contribution is 5.39. The molecule has 0 aliphatic carbocycles. The minimum Gasteiger partial charge on any atom is -0.399 e. The standard InChI is InChI=1S/C13H20N2O/c14-12-6-4-11(5-7-12)9-15-8-2-1-3-13(15)10-16/h4-7,13,16H,1-3,8-10,14H2/t13-/m0/s1. The number of hydrogen-bond donors (Lipinski definition) is 2. The van der Waals surface area contributed by atoms with Crippen LogP contribution in [0.25, 0.3) is 0 Å². The summed E-state index contributed by atoms with van der Waals surface area (Å²) in [5, 5.41) is 9.32. The van der Waals surface area contributed by atoms with E-state index >= 15 is 0 Å². The number of nitrogens with zero attached hydrogens (tertiary/aromatic N) is 1. The van der Waals surface area contributed by atoms with Gasteiger partial charge in [-0.15, -0.1) is 0 Å². The number of benzene rings is 1. The molecule has 3 heteroatoms. The van der Waals surface area contributed by atoms with E-state index in [0.717, 1.165) is 25.2 Å². The highest BCUT2D eigenvalue weighted by atomic mass is 16.3. The predicted molar refractivity (Wildman–Crippen MR) is 66.0 cm³/mol. The lowest BCUT2D eigenvalue weighted by Gasteiger charge is -2.34. The second kappa shape index (κ2) is 5.32. The molecule has 16 heavy (non-hydrogen) atoms. The molecular formula is C13H20N2O. The van der Waals surface area contributed by atoms with Crippen molar-refractivity contribution < 1.29 is 5.11 Å². The van der Waals surface area contributed by atoms with E-state index < -0.39 is 0 Å². The summed E-state index contributed by atoms with van der Waals surface area (Å²) in [6.07, 6.45) is 3.60. The Balaban J connectivity index is 1.99. The molecule has 1 saturated heterocycles. The Kier molecular flexibility index (Phi) is 3.80. The van der Waals surface area contributed by atoms with Crippen molar-refractivity contribution in [2.45, 2.75) is 31.8 Å². The summed E-state index contributed by atoms with van der Waals surface area (Å²) >= 11 is 0. The molecule has 0 spiro atoms. The van der Waals surface area contributed by atoms with Crippen molar-refractivity contribution in [3.63, 3.8) is 0 Å². The van der Waals surface area contributed by atoms with E-state index in [2.05, 4.69) is 17.0 Å². The van der Waals surface area contributed by atoms with Crippen LogP contribution in [0.1, 0.15) is 24.8 Å². The third-order valence-corrected chi connectivity index (χ3v) is 3.33. The highest BCUT2D eigenvalue weighted by Crippen LogP contribution is 2.19. The molecule has 0 bridgehead atoms. The normalized spacial score (nSPS) is 22.2. The molecule has 0 amide bonds. The van der Waals surface area contributed by atoms with Crippen LogP contribution in [-0.2, 0) is 6.54 Å². The average molecular weight is 220 g/mol. The molecule has 1 aliphatic rings. The van der Waals surface area contributed by atoms with Gasteiger partial charge in [0.2, 0.25) is 0 Å². The van der Waals surface area contributed by atoms with Gasteiger partial charge >= 0.3 is 0 Å². The van der Waals surface area contributed by atoms with Crippen LogP contribution in [-0.4, -0.2) is 29.2 Å². The third-order valence-electron chi connectivity index (χ3n) is 3.33. The average Bonchev–Trinajstić information content (AvgIpc) is 2.33. The Hall–Kier alpha value is -1.06. The lowest BCUT2D eigenvalue weighted by Crippen LogP contribution is -2.41. The Morgan fingerprint density at radius 1 is 1.25 bits per heavy atom. The van der Waals surface area contributed by atoms with Gasteiger partial charge in [0.15, 0.2) is 0 Å². The van der Waals surface area contributed by atoms with Crippen molar-refractivity contribution in [1.82, 2.24) is 4.90 Å². The lowest BCUT2D eigenvalue weighted by molar-refractivity contribution is 0.0841. The van der Waals surface area contributed by atoms with Crippen molar-refractivity contribution in [3.8, 4) is 0 Å². The zero-order chi connectivity index (χ0) is 11.4. The second-order valence-corrected chi connectivity index (χ2v) is 4.54. The van der Waals surface area contributed by atoms with Gasteiger partial charge < -0.3 is 10.8 Å². The Morgan fingerprint density at radius 2 is 2.00 bits per heavy atom. The van der Waals surface area contributed by atoms with Gasteiger partial charge in [0.05, 0.1) is 6.61 Å². The van der Waals surface area contributed by atoms with Crippen molar-refractivity contribution >= 4 is 5.69 Å². The smallest absolute Gasteiger partial charge is 0.0586 e. The molecule has 1 heterocycles. The van der Waals surface area contributed by atoms with E-state index in [9.17, 15) is 5.11 Å². The number of anilines is 1. The summed E-state index contributed by atoms with van der Waals surface area (Å²) in [5.74, 6) is 0. The maximum absolute atomic E-state index is 9.32. The van der Waals surface area contributed by atoms with Crippen LogP contribution >= 0.6 is 0 Å². The number of likely N-dealkylation sites (tertiary alicyclic amines) is 1. The van der Waals surface area contributed by atoms with Gasteiger partial charge in [0, 0.05) is 18.3 Å². The van der Waals surface area contributed by atoms with E-state index in [1.807, 2.05) is 12.1 Å². The Labute approximate surface area is 96.9 Å². The van der Waals surface area contributed by atoms with Gasteiger partial charge in [0.25, 0.3) is 0 Å². The van der Waals surface area contributed by atoms with Gasteiger partial charge in [-0.05, 0) is 37.1 Å². The number of aliphatic hydroxyl groups excluding tert-OH is 1. The van der Waals surface area contributed by atoms with Crippen molar-refractivity contribution in [2.24, 2.45) is 0 Å². The fraction of sp³-hybridized carbons (Fsp3) is 0.538. The van der Waals surface area contributed by atoms with Crippen LogP contribution in [0.2, 0.25) is 0 Å². The number of nitrogen functional groups attached to an aromatic ring is 1. The van der Waals surface area contributed by atoms with E-state index in [4.69, 9.17) is 5.73 Å². The minimum absolute atomic E-state index is 0.273. The van der Waals surface area contributed by atoms with Crippen molar-refractivity contribution in [1.29, 1.82) is 0 Å². The number of nitrogens with two attached hydrogens (primary N) is 1. The molecule has 1 aromatic rings. The largest absolute Gasteiger partial charge is 0.399 e. The molecule has 0 radical (unpaired) electrons. The maximum atomic E-state index is 9.32. The topological polar surface area (TPSA) is 49.5 Å². The molecule has 3 N–H and O–H groups in total. The first-order chi connectivity index (χ1) is 7.79. The van der Waals surface area contributed by atoms with Crippen LogP contribution < -0.4 is 5.73 Å². The quantitative estimate of drug-likeness (QED) is 0.761. The molecule has 2 rings (SSSR count). The van der Waals surface area contributed by atoms with Crippen LogP contribution in [0.5, 0.6) is 0 Å². The minimum atomic E-state index is 0.273. The number of hydrogen-bond acceptors (Lipinski definition) is 3. The second-order valence-electron chi connectivity index (χ2n) is 4.54. The van der Waals surface area contributed by atoms with Crippen LogP contribution in [0.4, 0.5) is 5.69 Å². The highest BCUT2D eigenvalue weighted by Gasteiger charge is 2.21. The van der Waals surface area contributed by atoms with E-state index in [0.29, 0.717) is 6.04 Å². The first-order valence-electron chi connectivity index (χ1n) is 5.99. The predicted octanol–water partition coefficient (Wildman–Crippen LogP) is 1.62. The molecule has 1 fully saturated rings. The molecule has 0 aromatic heterocycles. The summed E-state index contributed by atoms with van der Waals surface area (Å²) in [4.78, 5) is 2.37. The summed E-state index contributed by atoms with van der Waals surface area (Å²) in [7, 11) is 0. The number of aliphatic hydroxyl groups is 1. The maximum Gasteiger partial charge on any atom is 0.0586 e. The number of rotatable bonds is 3. The third kappa shape index (κ3) is 2.74. The van der Waals surface area contributed by atoms with E-state index in [-0.39, 0.29) is 6.61 Å². The summed E-state index contributed by atoms with van der Waals surface area (Å²) < 4.78 is 0. The first kappa shape index (κ1) is 11.4. The van der Waals surface area contributed by atoms with Crippen LogP contribution in [0.15, 0.2) is 24.3 Å². The van der Waals surface area contributed by atoms with Crippen LogP contribution in [0.3, 0.4) is 0 Å². The van der Waals surface area contributed by atoms with Gasteiger partial charge in [-0.2, -0.15) is 0 Å². The van der Waals surface area contributed by atoms with Crippen molar-refractivity contribution in [3.05, 3.63) is 29.8 Å². The monoisotopic (exact) mass is 220 g/mol. The Morgan fingerprint density at radius 3 is 2.69 bits per heavy atom. The SMILES string of the molecule is Nc1ccc(CN2CCCC[C@H]2CO)cc1. The van der Waals surface area contributed by atoms with Crippen LogP contribution in [0, 0.1) is 0 Å². The molecule has 1 aromatic carbocycles. The molecule has 3 nitrogen and oxygen atoms in total. The Bertz CT molecular complexity index is 323. The first-order valence-corrected chi connectivity index (χ1v) is 5.99. The fourth-order valence-corrected chi connectivity index (χ4v) is 2.33. The zero-order valence-electron chi connectivity index (χ0n) is 9.60. The molecule has 88 valence electrons. The molecule has 0 unspecified atom stereocenters. The summed E-state index contributed by atoms with van der Waals surface area (Å²) in [6, 6.07) is 8.35. The summed E-state index contributed by atoms with van der Waals surface area (Å²) in [5.41, 5.74) is 7.74. The summed E-state index contributed by atoms with van der Waals surface area (Å²) in [6.45, 7) is 2.29. The molecular weight excluding hydrogens is 200 g/mol. The fourth-order valence-electron chi connectivity index (χ4n) is 2.33. The van der Waals surface area contributed by atoms with E-state index in [1.54, 1.807) is 0 Å². The number of piperidine rings is 1. The molecule has 1 aliphatic heterocycles. The van der Waals surface area contributed by atoms with Gasteiger partial charge in [-0.25, -0.2) is 0 Å². The molecule has 1 atom stereocenters. The van der Waals surface area contributed by atoms with Crippen molar-refractivity contribution in [2.75, 3.05) is 18.9 Å². The lowest BCUT2D eigenvalue weighted by atomic mass is 10.0. The zero-order valence-corrected chi connectivity index (χ0v) is 9.60. The molecule has 0 saturated carbocycles. The van der Waals surface area contributed by atoms with Gasteiger partial charge in [0.1, 0.15) is 0 Å². The van der Waals surface area contributed by atoms with E-state index in [1.165, 1.54) is 18.4 Å². The van der Waals surface area contributed by atoms with Gasteiger partial charge in [-0.1, -0.05) is 18.6 Å².